The van der Waals surface area contributed by atoms with Crippen LogP contribution in [-0.4, -0.2) is 41.7 Å². The fourth-order valence-electron chi connectivity index (χ4n) is 7.19. The van der Waals surface area contributed by atoms with Crippen LogP contribution in [0.2, 0.25) is 5.04 Å². The van der Waals surface area contributed by atoms with Crippen LogP contribution in [-0.2, 0) is 14.0 Å². The van der Waals surface area contributed by atoms with Gasteiger partial charge in [0.1, 0.15) is 5.82 Å². The summed E-state index contributed by atoms with van der Waals surface area (Å²) in [5, 5.41) is 4.79. The van der Waals surface area contributed by atoms with Gasteiger partial charge in [-0.05, 0) is 62.3 Å². The third-order valence-electron chi connectivity index (χ3n) is 9.80. The van der Waals surface area contributed by atoms with Gasteiger partial charge in [0.15, 0.2) is 6.23 Å². The van der Waals surface area contributed by atoms with E-state index in [1.165, 1.54) is 38.9 Å². The van der Waals surface area contributed by atoms with E-state index in [0.717, 1.165) is 0 Å². The standard InChI is InChI=1S/C42H55N3O4SSi/c1-27(2)31-23-35(28(3)4)39(36(24-31)29(5)6)50-37-25-32(49-40(37)45-22-21-38(43-30(7)46)44-41(45)47)26-48-51(42(8,9)10,33-17-13-11-14-18-33)34-19-15-12-16-20-34/h11-24,27-29,32,37,40H,25-26H2,1-10H3,(H,43,44,46,47)/t32-,37+,40-/m0/s1. The van der Waals surface area contributed by atoms with Gasteiger partial charge in [0.25, 0.3) is 8.32 Å². The molecule has 1 amide bonds. The first-order valence-electron chi connectivity index (χ1n) is 18.2. The number of thioether (sulfide) groups is 1. The minimum absolute atomic E-state index is 0.0937. The first-order valence-corrected chi connectivity index (χ1v) is 21.0. The quantitative estimate of drug-likeness (QED) is 0.147. The summed E-state index contributed by atoms with van der Waals surface area (Å²) in [5.74, 6) is 1.00. The molecule has 0 radical (unpaired) electrons. The summed E-state index contributed by atoms with van der Waals surface area (Å²) in [6, 6.07) is 27.7. The van der Waals surface area contributed by atoms with E-state index in [4.69, 9.17) is 9.16 Å². The Balaban J connectivity index is 1.57. The van der Waals surface area contributed by atoms with Crippen molar-refractivity contribution in [3.63, 3.8) is 0 Å². The number of hydrogen-bond donors (Lipinski definition) is 1. The molecule has 51 heavy (non-hydrogen) atoms. The molecular weight excluding hydrogens is 671 g/mol. The molecule has 2 heterocycles. The molecule has 9 heteroatoms. The first-order chi connectivity index (χ1) is 24.1. The second-order valence-electron chi connectivity index (χ2n) is 15.7. The third-order valence-corrected chi connectivity index (χ3v) is 16.2. The van der Waals surface area contributed by atoms with Crippen molar-refractivity contribution in [1.29, 1.82) is 0 Å². The SMILES string of the molecule is CC(=O)Nc1ccn([C@H]2O[C@H](CO[Si](c3ccccc3)(c3ccccc3)C(C)(C)C)C[C@H]2Sc2c(C(C)C)cc(C(C)C)cc2C(C)C)c(=O)n1. The molecule has 272 valence electrons. The van der Waals surface area contributed by atoms with Gasteiger partial charge < -0.3 is 14.5 Å². The Hall–Kier alpha value is -3.50. The number of amides is 1. The summed E-state index contributed by atoms with van der Waals surface area (Å²) in [6.45, 7) is 22.1. The number of hydrogen-bond acceptors (Lipinski definition) is 6. The lowest BCUT2D eigenvalue weighted by molar-refractivity contribution is -0.114. The van der Waals surface area contributed by atoms with Crippen LogP contribution in [0.25, 0.3) is 0 Å². The van der Waals surface area contributed by atoms with Gasteiger partial charge in [-0.25, -0.2) is 4.79 Å². The van der Waals surface area contributed by atoms with Gasteiger partial charge in [0.05, 0.1) is 18.0 Å². The Morgan fingerprint density at radius 1 is 0.922 bits per heavy atom. The van der Waals surface area contributed by atoms with Gasteiger partial charge >= 0.3 is 5.69 Å². The van der Waals surface area contributed by atoms with E-state index in [2.05, 4.69) is 145 Å². The Morgan fingerprint density at radius 3 is 1.92 bits per heavy atom. The largest absolute Gasteiger partial charge is 0.405 e. The second-order valence-corrected chi connectivity index (χ2v) is 21.2. The number of aromatic nitrogens is 2. The maximum absolute atomic E-state index is 13.6. The molecule has 1 saturated heterocycles. The van der Waals surface area contributed by atoms with Gasteiger partial charge in [0, 0.05) is 18.0 Å². The van der Waals surface area contributed by atoms with Crippen molar-refractivity contribution in [2.45, 2.75) is 121 Å². The molecule has 1 fully saturated rings. The van der Waals surface area contributed by atoms with E-state index in [-0.39, 0.29) is 28.1 Å². The minimum atomic E-state index is -2.82. The van der Waals surface area contributed by atoms with Crippen LogP contribution in [0.4, 0.5) is 5.82 Å². The molecule has 3 aromatic carbocycles. The average Bonchev–Trinajstić information content (AvgIpc) is 3.46. The monoisotopic (exact) mass is 725 g/mol. The van der Waals surface area contributed by atoms with Crippen molar-refractivity contribution in [2.75, 3.05) is 11.9 Å². The van der Waals surface area contributed by atoms with Crippen molar-refractivity contribution < 1.29 is 14.0 Å². The van der Waals surface area contributed by atoms with Crippen LogP contribution in [0.1, 0.15) is 116 Å². The normalized spacial score (nSPS) is 18.2. The summed E-state index contributed by atoms with van der Waals surface area (Å²) in [4.78, 5) is 30.8. The highest BCUT2D eigenvalue weighted by molar-refractivity contribution is 8.00. The lowest BCUT2D eigenvalue weighted by atomic mass is 9.89. The number of anilines is 1. The van der Waals surface area contributed by atoms with E-state index in [1.54, 1.807) is 16.8 Å². The van der Waals surface area contributed by atoms with Gasteiger partial charge in [-0.2, -0.15) is 4.98 Å². The summed E-state index contributed by atoms with van der Waals surface area (Å²) < 4.78 is 15.8. The van der Waals surface area contributed by atoms with E-state index in [0.29, 0.717) is 30.8 Å². The molecule has 1 aliphatic rings. The highest BCUT2D eigenvalue weighted by Gasteiger charge is 2.51. The Bertz CT molecular complexity index is 1790. The van der Waals surface area contributed by atoms with Gasteiger partial charge in [-0.1, -0.05) is 135 Å². The summed E-state index contributed by atoms with van der Waals surface area (Å²) in [6.07, 6.45) is 1.53. The lowest BCUT2D eigenvalue weighted by Gasteiger charge is -2.43. The van der Waals surface area contributed by atoms with Crippen LogP contribution in [0.5, 0.6) is 0 Å². The van der Waals surface area contributed by atoms with Gasteiger partial charge in [-0.15, -0.1) is 11.8 Å². The number of nitrogens with zero attached hydrogens (tertiary/aromatic N) is 2. The molecule has 5 rings (SSSR count). The summed E-state index contributed by atoms with van der Waals surface area (Å²) >= 11 is 1.82. The second kappa shape index (κ2) is 16.0. The zero-order valence-electron chi connectivity index (χ0n) is 31.9. The van der Waals surface area contributed by atoms with E-state index < -0.39 is 20.2 Å². The molecule has 0 aliphatic carbocycles. The molecule has 7 nitrogen and oxygen atoms in total. The fourth-order valence-corrected chi connectivity index (χ4v) is 13.6. The number of ether oxygens (including phenoxy) is 1. The number of carbonyl (C=O) groups is 1. The molecule has 1 aromatic heterocycles. The smallest absolute Gasteiger partial charge is 0.351 e. The first kappa shape index (κ1) is 38.7. The molecule has 0 unspecified atom stereocenters. The molecule has 1 aliphatic heterocycles. The van der Waals surface area contributed by atoms with Crippen LogP contribution in [0, 0.1) is 0 Å². The Kier molecular flexibility index (Phi) is 12.2. The molecule has 4 aromatic rings. The maximum Gasteiger partial charge on any atom is 0.351 e. The van der Waals surface area contributed by atoms with E-state index in [9.17, 15) is 9.59 Å². The lowest BCUT2D eigenvalue weighted by Crippen LogP contribution is -2.67. The van der Waals surface area contributed by atoms with E-state index in [1.807, 2.05) is 11.8 Å². The zero-order valence-corrected chi connectivity index (χ0v) is 33.7. The number of carbonyl (C=O) groups excluding carboxylic acids is 1. The predicted octanol–water partition coefficient (Wildman–Crippen LogP) is 8.60. The predicted molar refractivity (Wildman–Crippen MR) is 213 cm³/mol. The number of rotatable bonds is 12. The number of benzene rings is 3. The molecule has 3 atom stereocenters. The summed E-state index contributed by atoms with van der Waals surface area (Å²) in [7, 11) is -2.82. The number of nitrogens with one attached hydrogen (secondary N) is 1. The fraction of sp³-hybridized carbons (Fsp3) is 0.452. The topological polar surface area (TPSA) is 82.5 Å². The Labute approximate surface area is 309 Å². The van der Waals surface area contributed by atoms with Crippen molar-refractivity contribution in [1.82, 2.24) is 9.55 Å². The average molecular weight is 726 g/mol. The zero-order chi connectivity index (χ0) is 37.1. The van der Waals surface area contributed by atoms with Crippen LogP contribution in [0.3, 0.4) is 0 Å². The van der Waals surface area contributed by atoms with Crippen molar-refractivity contribution >= 4 is 42.2 Å². The van der Waals surface area contributed by atoms with Gasteiger partial charge in [0.2, 0.25) is 5.91 Å². The minimum Gasteiger partial charge on any atom is -0.405 e. The Morgan fingerprint density at radius 2 is 1.47 bits per heavy atom. The van der Waals surface area contributed by atoms with Crippen LogP contribution < -0.4 is 21.4 Å². The highest BCUT2D eigenvalue weighted by atomic mass is 32.2. The van der Waals surface area contributed by atoms with Crippen molar-refractivity contribution in [3.8, 4) is 0 Å². The van der Waals surface area contributed by atoms with Crippen molar-refractivity contribution in [2.24, 2.45) is 0 Å². The molecule has 1 N–H and O–H groups in total. The maximum atomic E-state index is 13.6. The van der Waals surface area contributed by atoms with Crippen LogP contribution >= 0.6 is 11.8 Å². The van der Waals surface area contributed by atoms with Crippen LogP contribution in [0.15, 0.2) is 94.7 Å². The molecule has 0 bridgehead atoms. The van der Waals surface area contributed by atoms with Gasteiger partial charge in [-0.3, -0.25) is 9.36 Å². The molecule has 0 saturated carbocycles. The molecule has 0 spiro atoms. The molecular formula is C42H55N3O4SSi. The summed E-state index contributed by atoms with van der Waals surface area (Å²) in [5.41, 5.74) is 3.53. The highest BCUT2D eigenvalue weighted by Crippen LogP contribution is 2.47. The van der Waals surface area contributed by atoms with E-state index >= 15 is 0 Å². The van der Waals surface area contributed by atoms with Crippen molar-refractivity contribution in [3.05, 3.63) is 112 Å². The third kappa shape index (κ3) is 8.43.